The van der Waals surface area contributed by atoms with Gasteiger partial charge in [-0.2, -0.15) is 0 Å². The molecule has 0 unspecified atom stereocenters. The number of hydrogen-bond acceptors (Lipinski definition) is 16. The van der Waals surface area contributed by atoms with Crippen LogP contribution < -0.4 is 0 Å². The number of unbranched alkanes of at least 4 members (excludes halogenated alkanes) is 30. The van der Waals surface area contributed by atoms with Crippen LogP contribution in [0, 0.1) is 0 Å². The molecule has 0 spiro atoms. The summed E-state index contributed by atoms with van der Waals surface area (Å²) in [5, 5.41) is 3.17. The number of benzene rings is 6. The Morgan fingerprint density at radius 2 is 0.350 bits per heavy atom. The molecule has 10 heterocycles. The number of carbonyl (C=O) groups excluding carboxylic acids is 12. The molecule has 0 atom stereocenters. The van der Waals surface area contributed by atoms with E-state index in [1.165, 1.54) is 74.7 Å². The van der Waals surface area contributed by atoms with Gasteiger partial charge in [-0.3, -0.25) is 86.9 Å². The predicted octanol–water partition coefficient (Wildman–Crippen LogP) is 25.1. The van der Waals surface area contributed by atoms with Gasteiger partial charge in [0.05, 0.1) is 44.5 Å². The van der Waals surface area contributed by atoms with E-state index in [2.05, 4.69) is 41.5 Å². The lowest BCUT2D eigenvalue weighted by Crippen LogP contribution is -2.44. The van der Waals surface area contributed by atoms with Gasteiger partial charge in [0.2, 0.25) is 0 Å². The van der Waals surface area contributed by atoms with Gasteiger partial charge in [0.25, 0.3) is 70.9 Å². The summed E-state index contributed by atoms with van der Waals surface area (Å²) in [6.45, 7) is 13.8. The highest BCUT2D eigenvalue weighted by Gasteiger charge is 2.48. The molecule has 6 aliphatic heterocycles. The third-order valence-corrected chi connectivity index (χ3v) is 31.0. The summed E-state index contributed by atoms with van der Waals surface area (Å²) in [6, 6.07) is 14.1. The Morgan fingerprint density at radius 3 is 0.558 bits per heavy atom. The van der Waals surface area contributed by atoms with Gasteiger partial charge in [0.15, 0.2) is 0 Å². The summed E-state index contributed by atoms with van der Waals surface area (Å²) in [5.41, 5.74) is 2.54. The van der Waals surface area contributed by atoms with Crippen molar-refractivity contribution in [1.82, 2.24) is 29.4 Å². The van der Waals surface area contributed by atoms with Gasteiger partial charge >= 0.3 is 0 Å². The average molecular weight is 1690 g/mol. The average Bonchev–Trinajstić information content (AvgIpc) is 1.44. The molecule has 10 aromatic rings. The minimum Gasteiger partial charge on any atom is -0.274 e. The molecule has 0 bridgehead atoms. The molecule has 120 heavy (non-hydrogen) atoms. The number of hydrogen-bond donors (Lipinski definition) is 0. The van der Waals surface area contributed by atoms with Crippen LogP contribution in [-0.2, 0) is 0 Å². The lowest BCUT2D eigenvalue weighted by molar-refractivity contribution is 0.0588. The summed E-state index contributed by atoms with van der Waals surface area (Å²) in [5.74, 6) is -6.26. The number of rotatable bonds is 44. The molecular weight excluding hydrogens is 1580 g/mol. The van der Waals surface area contributed by atoms with E-state index in [4.69, 9.17) is 0 Å². The first-order valence-electron chi connectivity index (χ1n) is 45.3. The Hall–Kier alpha value is -9.22. The van der Waals surface area contributed by atoms with E-state index < -0.39 is 70.9 Å². The molecule has 628 valence electrons. The highest BCUT2D eigenvalue weighted by Crippen LogP contribution is 2.57. The first kappa shape index (κ1) is 84.4. The minimum absolute atomic E-state index is 0.0762. The molecule has 0 saturated carbocycles. The lowest BCUT2D eigenvalue weighted by atomic mass is 9.82. The normalized spacial score (nSPS) is 15.2. The molecule has 18 nitrogen and oxygen atoms in total. The molecule has 0 aliphatic carbocycles. The van der Waals surface area contributed by atoms with E-state index in [1.807, 2.05) is 24.3 Å². The fraction of sp³-hybridized carbons (Fsp3) is 0.490. The highest BCUT2D eigenvalue weighted by atomic mass is 32.1. The van der Waals surface area contributed by atoms with Crippen molar-refractivity contribution < 1.29 is 57.5 Å². The van der Waals surface area contributed by atoms with Crippen LogP contribution in [0.15, 0.2) is 48.5 Å². The summed E-state index contributed by atoms with van der Waals surface area (Å²) in [6.07, 6.45) is 32.6. The fourth-order valence-corrected chi connectivity index (χ4v) is 24.6. The van der Waals surface area contributed by atoms with E-state index in [9.17, 15) is 19.2 Å². The van der Waals surface area contributed by atoms with Crippen molar-refractivity contribution in [1.29, 1.82) is 0 Å². The summed E-state index contributed by atoms with van der Waals surface area (Å²) in [4.78, 5) is 198. The smallest absolute Gasteiger partial charge is 0.262 e. The second kappa shape index (κ2) is 36.5. The van der Waals surface area contributed by atoms with E-state index >= 15 is 38.4 Å². The van der Waals surface area contributed by atoms with Crippen LogP contribution >= 0.6 is 45.3 Å². The standard InChI is InChI=1S/C98H110N6O12S4/c1-7-13-19-25-31-37-47-99-87(105)57-43-45-59-71-69(57)73(91(99)109)61-53-65(117-83(61)79(71)95(113)101(89(59)107)49-39-33-27-21-15-9-3)67-55-63-75-77-78-76(94(112)104(52-42-36-30-24-18-12-6)97(115)81(78)85(63)119-67)64-56-68(120-86(64)82(77)98(116)103(93(75)111)51-41-35-29-23-17-11-5)66-54-62-74-70-58(88(106)100(92(74)110)48-38-32-26-20-14-8-2)44-46-60-72(70)80(84(62)118-66)96(114)102(90(60)108)50-40-34-28-22-16-10-4/h43-46,53-56H,7-42,47-52H2,1-6H3. The molecule has 0 fully saturated rings. The van der Waals surface area contributed by atoms with Crippen molar-refractivity contribution in [3.63, 3.8) is 0 Å². The van der Waals surface area contributed by atoms with Crippen LogP contribution in [0.5, 0.6) is 0 Å². The first-order valence-corrected chi connectivity index (χ1v) is 48.6. The Labute approximate surface area is 717 Å². The van der Waals surface area contributed by atoms with Crippen molar-refractivity contribution in [2.45, 2.75) is 273 Å². The number of fused-ring (bicyclic) bond motifs is 12. The molecule has 4 aromatic heterocycles. The molecule has 22 heteroatoms. The summed E-state index contributed by atoms with van der Waals surface area (Å²) < 4.78 is 1.75. The second-order valence-corrected chi connectivity index (χ2v) is 38.4. The zero-order valence-electron chi connectivity index (χ0n) is 70.5. The predicted molar refractivity (Wildman–Crippen MR) is 484 cm³/mol. The zero-order valence-corrected chi connectivity index (χ0v) is 73.8. The fourth-order valence-electron chi connectivity index (χ4n) is 19.7. The largest absolute Gasteiger partial charge is 0.274 e. The number of carbonyl (C=O) groups is 12. The molecule has 6 aliphatic rings. The molecule has 12 amide bonds. The lowest BCUT2D eigenvalue weighted by Gasteiger charge is -2.33. The Kier molecular flexibility index (Phi) is 25.6. The van der Waals surface area contributed by atoms with Crippen molar-refractivity contribution in [2.24, 2.45) is 0 Å². The molecule has 16 rings (SSSR count). The molecular formula is C98H110N6O12S4. The summed E-state index contributed by atoms with van der Waals surface area (Å²) >= 11 is 5.07. The topological polar surface area (TPSA) is 224 Å². The van der Waals surface area contributed by atoms with E-state index in [0.29, 0.717) is 98.4 Å². The summed E-state index contributed by atoms with van der Waals surface area (Å²) in [7, 11) is 0. The Bertz CT molecular complexity index is 5230. The van der Waals surface area contributed by atoms with Crippen molar-refractivity contribution >= 4 is 189 Å². The van der Waals surface area contributed by atoms with E-state index in [-0.39, 0.29) is 138 Å². The molecule has 0 radical (unpaired) electrons. The van der Waals surface area contributed by atoms with Crippen LogP contribution in [-0.4, -0.2) is 140 Å². The maximum absolute atomic E-state index is 16.3. The zero-order chi connectivity index (χ0) is 83.9. The molecule has 0 saturated heterocycles. The van der Waals surface area contributed by atoms with Gasteiger partial charge in [0, 0.05) is 154 Å². The van der Waals surface area contributed by atoms with E-state index in [0.717, 1.165) is 193 Å². The van der Waals surface area contributed by atoms with E-state index in [1.54, 1.807) is 24.3 Å². The van der Waals surface area contributed by atoms with Gasteiger partial charge in [-0.15, -0.1) is 45.3 Å². The second-order valence-electron chi connectivity index (χ2n) is 34.2. The van der Waals surface area contributed by atoms with Crippen LogP contribution in [0.4, 0.5) is 0 Å². The van der Waals surface area contributed by atoms with Gasteiger partial charge in [-0.25, -0.2) is 0 Å². The first-order chi connectivity index (χ1) is 58.5. The third-order valence-electron chi connectivity index (χ3n) is 26.0. The number of nitrogens with zero attached hydrogens (tertiary/aromatic N) is 6. The minimum atomic E-state index is -0.572. The van der Waals surface area contributed by atoms with Gasteiger partial charge in [0.1, 0.15) is 0 Å². The maximum Gasteiger partial charge on any atom is 0.262 e. The molecule has 6 aromatic carbocycles. The number of thiophene rings is 4. The van der Waals surface area contributed by atoms with Crippen LogP contribution in [0.1, 0.15) is 397 Å². The number of imide groups is 6. The third kappa shape index (κ3) is 14.7. The monoisotopic (exact) mass is 1690 g/mol. The van der Waals surface area contributed by atoms with Crippen molar-refractivity contribution in [3.8, 4) is 19.5 Å². The van der Waals surface area contributed by atoms with Crippen molar-refractivity contribution in [2.75, 3.05) is 39.3 Å². The Morgan fingerprint density at radius 1 is 0.192 bits per heavy atom. The highest BCUT2D eigenvalue weighted by molar-refractivity contribution is 7.30. The van der Waals surface area contributed by atoms with Gasteiger partial charge in [-0.05, 0) is 87.1 Å². The SMILES string of the molecule is CCCCCCCCN1C(=O)c2ccc3c4c(c5sc(-c6cc7c8c9c(c%10sc(-c%11cc%12c%13c%14c(ccc%15c%14c(c%12s%11)C(=O)N(CCCCCCCC)C%15=O)C(=O)N(CCCCCCCC)C%13=O)cc%10c%10c9c(c7s6)C(=O)N(CCCCCCCC)C%10=O)C(=O)N(CCCCCCCC)C8=O)cc5c(c24)C1=O)C(=O)N(CCCCCCCC)C3=O. The van der Waals surface area contributed by atoms with Crippen LogP contribution in [0.25, 0.3) is 92.2 Å². The quantitative estimate of drug-likeness (QED) is 0.0257. The van der Waals surface area contributed by atoms with Crippen LogP contribution in [0.2, 0.25) is 0 Å². The van der Waals surface area contributed by atoms with Gasteiger partial charge < -0.3 is 0 Å². The van der Waals surface area contributed by atoms with Crippen LogP contribution in [0.3, 0.4) is 0 Å². The number of amides is 12. The Balaban J connectivity index is 0.907. The molecule has 0 N–H and O–H groups in total. The van der Waals surface area contributed by atoms with Gasteiger partial charge in [-0.1, -0.05) is 234 Å². The maximum atomic E-state index is 16.3. The van der Waals surface area contributed by atoms with Crippen molar-refractivity contribution in [3.05, 3.63) is 115 Å².